The smallest absolute Gasteiger partial charge is 0.246 e. The summed E-state index contributed by atoms with van der Waals surface area (Å²) in [5, 5.41) is 0.0763. The van der Waals surface area contributed by atoms with Gasteiger partial charge >= 0.3 is 0 Å². The fraction of sp³-hybridized carbons (Fsp3) is 0.333. The summed E-state index contributed by atoms with van der Waals surface area (Å²) in [5.41, 5.74) is 1.41. The summed E-state index contributed by atoms with van der Waals surface area (Å²) in [6.07, 6.45) is 0.807. The summed E-state index contributed by atoms with van der Waals surface area (Å²) >= 11 is 11.2. The van der Waals surface area contributed by atoms with Crippen LogP contribution in [-0.4, -0.2) is 13.6 Å². The first-order valence-corrected chi connectivity index (χ1v) is 6.90. The number of sulfonamides is 1. The van der Waals surface area contributed by atoms with Crippen LogP contribution in [0.15, 0.2) is 18.2 Å². The Kier molecular flexibility index (Phi) is 4.25. The highest BCUT2D eigenvalue weighted by atomic mass is 35.5. The normalized spacial score (nSPS) is 11.4. The molecule has 0 fully saturated rings. The molecular formula is C9H11Cl2NO2S. The number of hydrogen-bond acceptors (Lipinski definition) is 2. The predicted octanol–water partition coefficient (Wildman–Crippen LogP) is 2.84. The van der Waals surface area contributed by atoms with Crippen molar-refractivity contribution in [2.24, 2.45) is 0 Å². The van der Waals surface area contributed by atoms with E-state index in [1.54, 1.807) is 18.2 Å². The van der Waals surface area contributed by atoms with Gasteiger partial charge in [-0.2, -0.15) is 0 Å². The fourth-order valence-electron chi connectivity index (χ4n) is 1.10. The molecule has 6 heteroatoms. The maximum absolute atomic E-state index is 11.1. The Bertz CT molecular complexity index is 445. The molecule has 1 aromatic rings. The SMILES string of the molecule is CCc1ccc(NS(=O)(=O)CCl)cc1Cl. The Labute approximate surface area is 99.4 Å². The molecule has 0 spiro atoms. The maximum Gasteiger partial charge on any atom is 0.246 e. The van der Waals surface area contributed by atoms with E-state index in [2.05, 4.69) is 4.72 Å². The molecule has 0 radical (unpaired) electrons. The van der Waals surface area contributed by atoms with E-state index in [1.165, 1.54) is 0 Å². The van der Waals surface area contributed by atoms with Gasteiger partial charge in [-0.1, -0.05) is 24.6 Å². The third kappa shape index (κ3) is 3.55. The van der Waals surface area contributed by atoms with Gasteiger partial charge in [-0.15, -0.1) is 11.6 Å². The van der Waals surface area contributed by atoms with Crippen LogP contribution in [0.3, 0.4) is 0 Å². The van der Waals surface area contributed by atoms with Crippen molar-refractivity contribution in [2.45, 2.75) is 13.3 Å². The third-order valence-electron chi connectivity index (χ3n) is 1.85. The van der Waals surface area contributed by atoms with Crippen LogP contribution in [0.5, 0.6) is 0 Å². The van der Waals surface area contributed by atoms with Crippen LogP contribution in [-0.2, 0) is 16.4 Å². The molecule has 15 heavy (non-hydrogen) atoms. The Morgan fingerprint density at radius 2 is 2.07 bits per heavy atom. The minimum atomic E-state index is -3.45. The van der Waals surface area contributed by atoms with E-state index in [1.807, 2.05) is 6.92 Å². The molecule has 0 aromatic heterocycles. The average molecular weight is 268 g/mol. The quantitative estimate of drug-likeness (QED) is 0.853. The number of benzene rings is 1. The molecule has 0 saturated carbocycles. The molecule has 84 valence electrons. The van der Waals surface area contributed by atoms with Gasteiger partial charge in [-0.3, -0.25) is 4.72 Å². The summed E-state index contributed by atoms with van der Waals surface area (Å²) in [7, 11) is -3.45. The van der Waals surface area contributed by atoms with Crippen LogP contribution in [0.4, 0.5) is 5.69 Å². The van der Waals surface area contributed by atoms with Crippen molar-refractivity contribution < 1.29 is 8.42 Å². The van der Waals surface area contributed by atoms with Crippen molar-refractivity contribution in [3.8, 4) is 0 Å². The molecular weight excluding hydrogens is 257 g/mol. The fourth-order valence-corrected chi connectivity index (χ4v) is 2.12. The molecule has 0 unspecified atom stereocenters. The molecule has 1 aromatic carbocycles. The van der Waals surface area contributed by atoms with Gasteiger partial charge in [0.15, 0.2) is 0 Å². The molecule has 0 bridgehead atoms. The lowest BCUT2D eigenvalue weighted by Crippen LogP contribution is -2.13. The van der Waals surface area contributed by atoms with Crippen LogP contribution in [0.25, 0.3) is 0 Å². The molecule has 0 atom stereocenters. The van der Waals surface area contributed by atoms with E-state index in [-0.39, 0.29) is 0 Å². The molecule has 0 aliphatic heterocycles. The van der Waals surface area contributed by atoms with Gasteiger partial charge in [0.05, 0.1) is 5.69 Å². The third-order valence-corrected chi connectivity index (χ3v) is 3.90. The number of hydrogen-bond donors (Lipinski definition) is 1. The molecule has 1 rings (SSSR count). The largest absolute Gasteiger partial charge is 0.283 e. The second-order valence-corrected chi connectivity index (χ2v) is 5.70. The van der Waals surface area contributed by atoms with Gasteiger partial charge in [0.2, 0.25) is 10.0 Å². The number of alkyl halides is 1. The summed E-state index contributed by atoms with van der Waals surface area (Å²) in [6.45, 7) is 1.98. The van der Waals surface area contributed by atoms with E-state index >= 15 is 0 Å². The monoisotopic (exact) mass is 267 g/mol. The zero-order valence-corrected chi connectivity index (χ0v) is 10.5. The molecule has 1 N–H and O–H groups in total. The first-order chi connectivity index (χ1) is 6.98. The Balaban J connectivity index is 2.94. The zero-order valence-electron chi connectivity index (χ0n) is 8.13. The molecule has 3 nitrogen and oxygen atoms in total. The summed E-state index contributed by atoms with van der Waals surface area (Å²) in [5.74, 6) is 0. The Morgan fingerprint density at radius 1 is 1.40 bits per heavy atom. The Hall–Kier alpha value is -0.450. The van der Waals surface area contributed by atoms with E-state index < -0.39 is 15.2 Å². The summed E-state index contributed by atoms with van der Waals surface area (Å²) in [6, 6.07) is 5.02. The highest BCUT2D eigenvalue weighted by Gasteiger charge is 2.08. The van der Waals surface area contributed by atoms with E-state index in [0.717, 1.165) is 12.0 Å². The van der Waals surface area contributed by atoms with Crippen molar-refractivity contribution in [1.82, 2.24) is 0 Å². The minimum absolute atomic E-state index is 0.429. The van der Waals surface area contributed by atoms with Crippen molar-refractivity contribution in [3.05, 3.63) is 28.8 Å². The lowest BCUT2D eigenvalue weighted by atomic mass is 10.1. The predicted molar refractivity (Wildman–Crippen MR) is 64.1 cm³/mol. The minimum Gasteiger partial charge on any atom is -0.283 e. The van der Waals surface area contributed by atoms with E-state index in [0.29, 0.717) is 10.7 Å². The highest BCUT2D eigenvalue weighted by molar-refractivity contribution is 7.93. The van der Waals surface area contributed by atoms with Crippen molar-refractivity contribution >= 4 is 38.9 Å². The van der Waals surface area contributed by atoms with Gasteiger partial charge in [-0.25, -0.2) is 8.42 Å². The first kappa shape index (κ1) is 12.6. The second-order valence-electron chi connectivity index (χ2n) is 2.99. The molecule has 0 heterocycles. The molecule has 0 aliphatic carbocycles. The average Bonchev–Trinajstić information content (AvgIpc) is 2.17. The lowest BCUT2D eigenvalue weighted by Gasteiger charge is -2.07. The van der Waals surface area contributed by atoms with E-state index in [9.17, 15) is 8.42 Å². The lowest BCUT2D eigenvalue weighted by molar-refractivity contribution is 0.605. The van der Waals surface area contributed by atoms with Crippen LogP contribution in [0, 0.1) is 0 Å². The summed E-state index contributed by atoms with van der Waals surface area (Å²) < 4.78 is 24.6. The molecule has 0 saturated heterocycles. The van der Waals surface area contributed by atoms with Crippen molar-refractivity contribution in [2.75, 3.05) is 9.93 Å². The van der Waals surface area contributed by atoms with Gasteiger partial charge in [0.25, 0.3) is 0 Å². The van der Waals surface area contributed by atoms with Crippen LogP contribution in [0.2, 0.25) is 5.02 Å². The molecule has 0 amide bonds. The highest BCUT2D eigenvalue weighted by Crippen LogP contribution is 2.22. The Morgan fingerprint density at radius 3 is 2.53 bits per heavy atom. The zero-order chi connectivity index (χ0) is 11.5. The van der Waals surface area contributed by atoms with Crippen LogP contribution >= 0.6 is 23.2 Å². The van der Waals surface area contributed by atoms with Crippen molar-refractivity contribution in [1.29, 1.82) is 0 Å². The maximum atomic E-state index is 11.1. The van der Waals surface area contributed by atoms with Gasteiger partial charge < -0.3 is 0 Å². The van der Waals surface area contributed by atoms with E-state index in [4.69, 9.17) is 23.2 Å². The second kappa shape index (κ2) is 5.05. The van der Waals surface area contributed by atoms with Crippen molar-refractivity contribution in [3.63, 3.8) is 0 Å². The van der Waals surface area contributed by atoms with Crippen LogP contribution < -0.4 is 4.72 Å². The first-order valence-electron chi connectivity index (χ1n) is 4.33. The number of nitrogens with one attached hydrogen (secondary N) is 1. The number of anilines is 1. The summed E-state index contributed by atoms with van der Waals surface area (Å²) in [4.78, 5) is 0. The number of aryl methyl sites for hydroxylation is 1. The topological polar surface area (TPSA) is 46.2 Å². The number of halogens is 2. The van der Waals surface area contributed by atoms with Gasteiger partial charge in [0, 0.05) is 5.02 Å². The standard InChI is InChI=1S/C9H11Cl2NO2S/c1-2-7-3-4-8(5-9(7)11)12-15(13,14)6-10/h3-5,12H,2,6H2,1H3. The molecule has 0 aliphatic rings. The number of rotatable bonds is 4. The van der Waals surface area contributed by atoms with Gasteiger partial charge in [-0.05, 0) is 24.1 Å². The van der Waals surface area contributed by atoms with Gasteiger partial charge in [0.1, 0.15) is 5.21 Å². The van der Waals surface area contributed by atoms with Crippen LogP contribution in [0.1, 0.15) is 12.5 Å².